The van der Waals surface area contributed by atoms with Crippen LogP contribution < -0.4 is 15.2 Å². The highest BCUT2D eigenvalue weighted by atomic mass is 16.6. The van der Waals surface area contributed by atoms with E-state index in [9.17, 15) is 9.59 Å². The number of carbonyl (C=O) groups is 2. The average molecular weight is 503 g/mol. The summed E-state index contributed by atoms with van der Waals surface area (Å²) in [7, 11) is 0. The second-order valence-corrected chi connectivity index (χ2v) is 10.7. The van der Waals surface area contributed by atoms with Crippen LogP contribution in [0.4, 0.5) is 0 Å². The molecule has 3 atom stereocenters. The van der Waals surface area contributed by atoms with Gasteiger partial charge >= 0.3 is 5.97 Å². The predicted octanol–water partition coefficient (Wildman–Crippen LogP) is 5.06. The van der Waals surface area contributed by atoms with Crippen molar-refractivity contribution in [3.05, 3.63) is 23.8 Å². The zero-order chi connectivity index (χ0) is 25.9. The summed E-state index contributed by atoms with van der Waals surface area (Å²) < 4.78 is 17.7. The van der Waals surface area contributed by atoms with Crippen molar-refractivity contribution in [3.8, 4) is 11.5 Å². The summed E-state index contributed by atoms with van der Waals surface area (Å²) in [5.41, 5.74) is 6.99. The molecule has 7 heteroatoms. The summed E-state index contributed by atoms with van der Waals surface area (Å²) in [5, 5.41) is 0. The number of hydrogen-bond acceptors (Lipinski definition) is 7. The van der Waals surface area contributed by atoms with Gasteiger partial charge in [0.1, 0.15) is 31.1 Å². The molecule has 0 radical (unpaired) electrons. The second kappa shape index (κ2) is 14.6. The Kier molecular flexibility index (Phi) is 11.5. The van der Waals surface area contributed by atoms with Crippen LogP contribution in [0.25, 0.3) is 0 Å². The van der Waals surface area contributed by atoms with Gasteiger partial charge in [0.15, 0.2) is 11.5 Å². The van der Waals surface area contributed by atoms with E-state index in [4.69, 9.17) is 19.9 Å². The Bertz CT molecular complexity index is 837. The number of carbonyl (C=O) groups excluding carboxylic acids is 2. The first-order chi connectivity index (χ1) is 17.4. The Labute approximate surface area is 217 Å². The number of rotatable bonds is 15. The maximum absolute atomic E-state index is 13.1. The van der Waals surface area contributed by atoms with E-state index >= 15 is 0 Å². The van der Waals surface area contributed by atoms with Gasteiger partial charge in [-0.25, -0.2) is 0 Å². The maximum atomic E-state index is 13.1. The van der Waals surface area contributed by atoms with Crippen molar-refractivity contribution in [2.45, 2.75) is 90.7 Å². The van der Waals surface area contributed by atoms with E-state index < -0.39 is 18.1 Å². The first kappa shape index (κ1) is 28.5. The van der Waals surface area contributed by atoms with Crippen LogP contribution in [0.2, 0.25) is 0 Å². The Morgan fingerprint density at radius 1 is 1.03 bits per heavy atom. The van der Waals surface area contributed by atoms with E-state index in [1.54, 1.807) is 0 Å². The van der Waals surface area contributed by atoms with E-state index in [-0.39, 0.29) is 17.6 Å². The highest BCUT2D eigenvalue weighted by Gasteiger charge is 2.34. The number of hydrogen-bond donors (Lipinski definition) is 1. The van der Waals surface area contributed by atoms with Crippen molar-refractivity contribution in [1.82, 2.24) is 4.90 Å². The standard InChI is InChI=1S/C29H46N2O5/c1-4-5-6-7-8-11-24(32)18-23(20-31-14-9-10-15-31)28(36-29(33)27(30)21(2)3)22-12-13-25-26(19-22)35-17-16-34-25/h12-13,19,21,23,27-28H,4-11,14-18,20,30H2,1-3H3/t23-,27-,28-/m1/s1. The van der Waals surface area contributed by atoms with Gasteiger partial charge < -0.3 is 24.8 Å². The van der Waals surface area contributed by atoms with Crippen molar-refractivity contribution in [2.24, 2.45) is 17.6 Å². The van der Waals surface area contributed by atoms with E-state index in [1.807, 2.05) is 32.0 Å². The number of benzene rings is 1. The zero-order valence-corrected chi connectivity index (χ0v) is 22.5. The largest absolute Gasteiger partial charge is 0.486 e. The molecule has 2 aliphatic heterocycles. The number of unbranched alkanes of at least 4 members (excludes halogenated alkanes) is 4. The lowest BCUT2D eigenvalue weighted by atomic mass is 9.88. The van der Waals surface area contributed by atoms with Crippen molar-refractivity contribution < 1.29 is 23.8 Å². The molecule has 7 nitrogen and oxygen atoms in total. The van der Waals surface area contributed by atoms with E-state index in [2.05, 4.69) is 11.8 Å². The quantitative estimate of drug-likeness (QED) is 0.265. The molecule has 36 heavy (non-hydrogen) atoms. The summed E-state index contributed by atoms with van der Waals surface area (Å²) in [6.45, 7) is 9.74. The molecule has 0 spiro atoms. The lowest BCUT2D eigenvalue weighted by Gasteiger charge is -2.32. The molecule has 2 aliphatic rings. The molecule has 2 heterocycles. The van der Waals surface area contributed by atoms with Gasteiger partial charge in [0.05, 0.1) is 0 Å². The molecule has 0 saturated carbocycles. The number of ether oxygens (including phenoxy) is 3. The molecule has 0 aliphatic carbocycles. The minimum atomic E-state index is -0.716. The van der Waals surface area contributed by atoms with E-state index in [0.29, 0.717) is 44.1 Å². The monoisotopic (exact) mass is 502 g/mol. The van der Waals surface area contributed by atoms with Gasteiger partial charge in [-0.1, -0.05) is 52.5 Å². The van der Waals surface area contributed by atoms with Gasteiger partial charge in [0, 0.05) is 25.3 Å². The minimum absolute atomic E-state index is 0.0415. The van der Waals surface area contributed by atoms with E-state index in [1.165, 1.54) is 19.3 Å². The fourth-order valence-electron chi connectivity index (χ4n) is 5.03. The van der Waals surface area contributed by atoms with E-state index in [0.717, 1.165) is 44.3 Å². The fraction of sp³-hybridized carbons (Fsp3) is 0.724. The zero-order valence-electron chi connectivity index (χ0n) is 22.5. The van der Waals surface area contributed by atoms with Gasteiger partial charge in [-0.3, -0.25) is 9.59 Å². The van der Waals surface area contributed by atoms with Crippen molar-refractivity contribution in [3.63, 3.8) is 0 Å². The number of esters is 1. The number of ketones is 1. The Balaban J connectivity index is 1.83. The number of nitrogens with two attached hydrogens (primary N) is 1. The van der Waals surface area contributed by atoms with Gasteiger partial charge in [-0.15, -0.1) is 0 Å². The summed E-state index contributed by atoms with van der Waals surface area (Å²) in [6.07, 6.45) is 8.27. The first-order valence-corrected chi connectivity index (χ1v) is 14.0. The van der Waals surface area contributed by atoms with Crippen LogP contribution in [-0.4, -0.2) is 55.5 Å². The van der Waals surface area contributed by atoms with Gasteiger partial charge in [0.25, 0.3) is 0 Å². The van der Waals surface area contributed by atoms with Gasteiger partial charge in [-0.2, -0.15) is 0 Å². The Hall–Kier alpha value is -2.12. The van der Waals surface area contributed by atoms with Crippen LogP contribution >= 0.6 is 0 Å². The number of Topliss-reactive ketones (excluding diaryl/α,β-unsaturated/α-hetero) is 1. The molecule has 2 N–H and O–H groups in total. The third-order valence-electron chi connectivity index (χ3n) is 7.30. The van der Waals surface area contributed by atoms with Crippen LogP contribution in [0.1, 0.15) is 90.2 Å². The lowest BCUT2D eigenvalue weighted by Crippen LogP contribution is -2.40. The summed E-state index contributed by atoms with van der Waals surface area (Å²) in [6, 6.07) is 4.99. The fourth-order valence-corrected chi connectivity index (χ4v) is 5.03. The van der Waals surface area contributed by atoms with Gasteiger partial charge in [0.2, 0.25) is 0 Å². The van der Waals surface area contributed by atoms with Crippen LogP contribution in [0.3, 0.4) is 0 Å². The van der Waals surface area contributed by atoms with Crippen LogP contribution in [0.15, 0.2) is 18.2 Å². The topological polar surface area (TPSA) is 91.1 Å². The van der Waals surface area contributed by atoms with Crippen molar-refractivity contribution in [2.75, 3.05) is 32.8 Å². The smallest absolute Gasteiger partial charge is 0.323 e. The minimum Gasteiger partial charge on any atom is -0.486 e. The summed E-state index contributed by atoms with van der Waals surface area (Å²) in [5.74, 6) is 0.950. The Morgan fingerprint density at radius 2 is 1.72 bits per heavy atom. The maximum Gasteiger partial charge on any atom is 0.323 e. The van der Waals surface area contributed by atoms with Crippen LogP contribution in [0, 0.1) is 11.8 Å². The average Bonchev–Trinajstić information content (AvgIpc) is 3.39. The molecule has 0 unspecified atom stereocenters. The molecule has 0 aromatic heterocycles. The van der Waals surface area contributed by atoms with Gasteiger partial charge in [-0.05, 0) is 56.0 Å². The lowest BCUT2D eigenvalue weighted by molar-refractivity contribution is -0.156. The van der Waals surface area contributed by atoms with Crippen molar-refractivity contribution in [1.29, 1.82) is 0 Å². The molecular formula is C29H46N2O5. The second-order valence-electron chi connectivity index (χ2n) is 10.7. The SMILES string of the molecule is CCCCCCCC(=O)C[C@H](CN1CCCC1)[C@H](OC(=O)[C@H](N)C(C)C)c1ccc2c(c1)OCCO2. The number of nitrogens with zero attached hydrogens (tertiary/aromatic N) is 1. The van der Waals surface area contributed by atoms with Crippen molar-refractivity contribution >= 4 is 11.8 Å². The van der Waals surface area contributed by atoms with Crippen LogP contribution in [-0.2, 0) is 14.3 Å². The predicted molar refractivity (Wildman–Crippen MR) is 141 cm³/mol. The molecular weight excluding hydrogens is 456 g/mol. The van der Waals surface area contributed by atoms with Crippen LogP contribution in [0.5, 0.6) is 11.5 Å². The molecule has 202 valence electrons. The summed E-state index contributed by atoms with van der Waals surface area (Å²) >= 11 is 0. The Morgan fingerprint density at radius 3 is 2.42 bits per heavy atom. The molecule has 0 bridgehead atoms. The third-order valence-corrected chi connectivity index (χ3v) is 7.30. The molecule has 1 saturated heterocycles. The molecule has 1 fully saturated rings. The normalized spacial score (nSPS) is 18.1. The highest BCUT2D eigenvalue weighted by molar-refractivity contribution is 5.79. The number of likely N-dealkylation sites (tertiary alicyclic amines) is 1. The molecule has 0 amide bonds. The molecule has 1 aromatic rings. The first-order valence-electron chi connectivity index (χ1n) is 14.0. The number of fused-ring (bicyclic) bond motifs is 1. The highest BCUT2D eigenvalue weighted by Crippen LogP contribution is 2.38. The summed E-state index contributed by atoms with van der Waals surface area (Å²) in [4.78, 5) is 28.6. The third kappa shape index (κ3) is 8.48. The molecule has 1 aromatic carbocycles. The molecule has 3 rings (SSSR count).